The number of carbonyl (C=O) groups excluding carboxylic acids is 1. The maximum absolute atomic E-state index is 11.5. The average Bonchev–Trinajstić information content (AvgIpc) is 2.44. The fraction of sp³-hybridized carbons (Fsp3) is 0.900. The lowest BCUT2D eigenvalue weighted by molar-refractivity contribution is -0.118. The van der Waals surface area contributed by atoms with E-state index in [4.69, 9.17) is 0 Å². The zero-order chi connectivity index (χ0) is 9.84. The van der Waals surface area contributed by atoms with Gasteiger partial charge in [0.15, 0.2) is 5.78 Å². The Labute approximate surface area is 80.5 Å². The van der Waals surface area contributed by atoms with Gasteiger partial charge < -0.3 is 5.32 Å². The summed E-state index contributed by atoms with van der Waals surface area (Å²) in [6.45, 7) is 8.84. The van der Waals surface area contributed by atoms with Crippen LogP contribution in [0.1, 0.15) is 27.2 Å². The number of hydrogen-bond acceptors (Lipinski definition) is 3. The number of likely N-dealkylation sites (tertiary alicyclic amines) is 1. The molecule has 0 bridgehead atoms. The molecule has 0 saturated carbocycles. The van der Waals surface area contributed by atoms with Crippen LogP contribution in [0.3, 0.4) is 0 Å². The van der Waals surface area contributed by atoms with E-state index in [0.717, 1.165) is 19.5 Å². The van der Waals surface area contributed by atoms with Crippen molar-refractivity contribution >= 4 is 5.78 Å². The molecule has 0 aromatic heterocycles. The summed E-state index contributed by atoms with van der Waals surface area (Å²) in [6, 6.07) is 0.569. The highest BCUT2D eigenvalue weighted by atomic mass is 16.1. The molecule has 3 nitrogen and oxygen atoms in total. The van der Waals surface area contributed by atoms with Gasteiger partial charge in [0.05, 0.1) is 12.6 Å². The van der Waals surface area contributed by atoms with Gasteiger partial charge in [0.2, 0.25) is 0 Å². The van der Waals surface area contributed by atoms with Crippen LogP contribution in [-0.4, -0.2) is 42.4 Å². The lowest BCUT2D eigenvalue weighted by atomic mass is 10.2. The molecular weight excluding hydrogens is 164 g/mol. The highest BCUT2D eigenvalue weighted by Gasteiger charge is 2.30. The van der Waals surface area contributed by atoms with E-state index in [2.05, 4.69) is 31.0 Å². The highest BCUT2D eigenvalue weighted by molar-refractivity contribution is 5.88. The summed E-state index contributed by atoms with van der Waals surface area (Å²) in [5.41, 5.74) is 0. The zero-order valence-corrected chi connectivity index (χ0v) is 8.84. The van der Waals surface area contributed by atoms with Gasteiger partial charge in [0, 0.05) is 12.6 Å². The predicted molar refractivity (Wildman–Crippen MR) is 53.8 cm³/mol. The first-order chi connectivity index (χ1) is 6.15. The summed E-state index contributed by atoms with van der Waals surface area (Å²) in [4.78, 5) is 13.7. The lowest BCUT2D eigenvalue weighted by Gasteiger charge is -2.19. The molecule has 3 heteroatoms. The van der Waals surface area contributed by atoms with E-state index in [1.807, 2.05) is 0 Å². The van der Waals surface area contributed by atoms with Crippen molar-refractivity contribution in [3.63, 3.8) is 0 Å². The molecule has 1 atom stereocenters. The third-order valence-electron chi connectivity index (χ3n) is 2.54. The second kappa shape index (κ2) is 4.72. The molecule has 1 fully saturated rings. The smallest absolute Gasteiger partial charge is 0.164 e. The van der Waals surface area contributed by atoms with Crippen LogP contribution in [0.25, 0.3) is 0 Å². The van der Waals surface area contributed by atoms with Crippen molar-refractivity contribution in [2.24, 2.45) is 0 Å². The summed E-state index contributed by atoms with van der Waals surface area (Å²) in [5, 5.41) is 3.27. The third kappa shape index (κ3) is 2.78. The van der Waals surface area contributed by atoms with Crippen molar-refractivity contribution in [1.82, 2.24) is 10.2 Å². The minimum absolute atomic E-state index is 0.0855. The van der Waals surface area contributed by atoms with Gasteiger partial charge in [0.1, 0.15) is 0 Å². The van der Waals surface area contributed by atoms with Crippen molar-refractivity contribution < 1.29 is 4.79 Å². The van der Waals surface area contributed by atoms with E-state index in [-0.39, 0.29) is 6.04 Å². The Balaban J connectivity index is 2.37. The lowest BCUT2D eigenvalue weighted by Crippen LogP contribution is -2.37. The molecule has 1 aliphatic heterocycles. The maximum Gasteiger partial charge on any atom is 0.164 e. The molecule has 1 rings (SSSR count). The molecule has 0 radical (unpaired) electrons. The Hall–Kier alpha value is -0.410. The Kier molecular flexibility index (Phi) is 3.88. The van der Waals surface area contributed by atoms with E-state index < -0.39 is 0 Å². The van der Waals surface area contributed by atoms with Crippen LogP contribution >= 0.6 is 0 Å². The number of rotatable bonds is 4. The van der Waals surface area contributed by atoms with Crippen LogP contribution in [0.15, 0.2) is 0 Å². The molecule has 13 heavy (non-hydrogen) atoms. The fourth-order valence-electron chi connectivity index (χ4n) is 1.60. The first-order valence-corrected chi connectivity index (χ1v) is 5.15. The van der Waals surface area contributed by atoms with Gasteiger partial charge in [-0.2, -0.15) is 0 Å². The van der Waals surface area contributed by atoms with Crippen LogP contribution in [0, 0.1) is 0 Å². The van der Waals surface area contributed by atoms with Crippen molar-refractivity contribution in [2.45, 2.75) is 39.3 Å². The second-order valence-corrected chi connectivity index (χ2v) is 4.00. The van der Waals surface area contributed by atoms with E-state index in [1.165, 1.54) is 0 Å². The number of nitrogens with one attached hydrogen (secondary N) is 1. The summed E-state index contributed by atoms with van der Waals surface area (Å²) in [6.07, 6.45) is 1.09. The van der Waals surface area contributed by atoms with Crippen LogP contribution in [0.5, 0.6) is 0 Å². The molecule has 0 aliphatic carbocycles. The summed E-state index contributed by atoms with van der Waals surface area (Å²) < 4.78 is 0. The Morgan fingerprint density at radius 2 is 2.31 bits per heavy atom. The highest BCUT2D eigenvalue weighted by Crippen LogP contribution is 2.09. The number of ketones is 1. The SMILES string of the molecule is CCCNC1CN(C(C)C)CC1=O. The molecule has 1 heterocycles. The Morgan fingerprint density at radius 3 is 2.77 bits per heavy atom. The molecule has 0 amide bonds. The van der Waals surface area contributed by atoms with Crippen molar-refractivity contribution in [3.05, 3.63) is 0 Å². The van der Waals surface area contributed by atoms with Crippen LogP contribution in [0.4, 0.5) is 0 Å². The topological polar surface area (TPSA) is 32.3 Å². The van der Waals surface area contributed by atoms with E-state index >= 15 is 0 Å². The van der Waals surface area contributed by atoms with Crippen LogP contribution in [0.2, 0.25) is 0 Å². The van der Waals surface area contributed by atoms with Crippen LogP contribution < -0.4 is 5.32 Å². The Morgan fingerprint density at radius 1 is 1.62 bits per heavy atom. The fourth-order valence-corrected chi connectivity index (χ4v) is 1.60. The van der Waals surface area contributed by atoms with E-state index in [0.29, 0.717) is 18.4 Å². The van der Waals surface area contributed by atoms with Crippen molar-refractivity contribution in [3.8, 4) is 0 Å². The number of Topliss-reactive ketones (excluding diaryl/α,β-unsaturated/α-hetero) is 1. The summed E-state index contributed by atoms with van der Waals surface area (Å²) >= 11 is 0. The molecule has 0 aromatic rings. The van der Waals surface area contributed by atoms with Gasteiger partial charge in [-0.15, -0.1) is 0 Å². The molecule has 1 N–H and O–H groups in total. The number of nitrogens with zero attached hydrogens (tertiary/aromatic N) is 1. The summed E-state index contributed by atoms with van der Waals surface area (Å²) in [7, 11) is 0. The number of carbonyl (C=O) groups is 1. The number of hydrogen-bond donors (Lipinski definition) is 1. The molecule has 1 aliphatic rings. The van der Waals surface area contributed by atoms with Crippen molar-refractivity contribution in [2.75, 3.05) is 19.6 Å². The normalized spacial score (nSPS) is 24.6. The largest absolute Gasteiger partial charge is 0.306 e. The zero-order valence-electron chi connectivity index (χ0n) is 8.84. The molecule has 76 valence electrons. The van der Waals surface area contributed by atoms with Crippen LogP contribution in [-0.2, 0) is 4.79 Å². The first-order valence-electron chi connectivity index (χ1n) is 5.15. The first kappa shape index (κ1) is 10.7. The standard InChI is InChI=1S/C10H20N2O/c1-4-5-11-9-6-12(8(2)3)7-10(9)13/h8-9,11H,4-7H2,1-3H3. The molecule has 1 saturated heterocycles. The van der Waals surface area contributed by atoms with Crippen molar-refractivity contribution in [1.29, 1.82) is 0 Å². The van der Waals surface area contributed by atoms with Gasteiger partial charge in [-0.05, 0) is 26.8 Å². The van der Waals surface area contributed by atoms with Gasteiger partial charge in [-0.3, -0.25) is 9.69 Å². The van der Waals surface area contributed by atoms with Gasteiger partial charge in [-0.25, -0.2) is 0 Å². The molecule has 0 spiro atoms. The molecular formula is C10H20N2O. The quantitative estimate of drug-likeness (QED) is 0.696. The minimum atomic E-state index is 0.0855. The second-order valence-electron chi connectivity index (χ2n) is 4.00. The third-order valence-corrected chi connectivity index (χ3v) is 2.54. The predicted octanol–water partition coefficient (Wildman–Crippen LogP) is 0.648. The van der Waals surface area contributed by atoms with E-state index in [9.17, 15) is 4.79 Å². The summed E-state index contributed by atoms with van der Waals surface area (Å²) in [5.74, 6) is 0.349. The monoisotopic (exact) mass is 184 g/mol. The molecule has 0 aromatic carbocycles. The van der Waals surface area contributed by atoms with Gasteiger partial charge >= 0.3 is 0 Å². The maximum atomic E-state index is 11.5. The Bertz CT molecular complexity index is 180. The average molecular weight is 184 g/mol. The molecule has 1 unspecified atom stereocenters. The van der Waals surface area contributed by atoms with Gasteiger partial charge in [0.25, 0.3) is 0 Å². The van der Waals surface area contributed by atoms with E-state index in [1.54, 1.807) is 0 Å². The van der Waals surface area contributed by atoms with Gasteiger partial charge in [-0.1, -0.05) is 6.92 Å². The minimum Gasteiger partial charge on any atom is -0.306 e.